The van der Waals surface area contributed by atoms with Crippen LogP contribution in [0.15, 0.2) is 53.4 Å². The maximum absolute atomic E-state index is 11.9. The van der Waals surface area contributed by atoms with Gasteiger partial charge in [0.05, 0.1) is 4.90 Å². The molecule has 4 nitrogen and oxygen atoms in total. The van der Waals surface area contributed by atoms with Gasteiger partial charge in [-0.3, -0.25) is 0 Å². The number of benzene rings is 2. The fourth-order valence-corrected chi connectivity index (χ4v) is 2.71. The van der Waals surface area contributed by atoms with Crippen LogP contribution in [0.1, 0.15) is 12.0 Å². The van der Waals surface area contributed by atoms with E-state index < -0.39 is 11.0 Å². The minimum Gasteiger partial charge on any atom is -0.504 e. The van der Waals surface area contributed by atoms with E-state index in [0.29, 0.717) is 11.4 Å². The van der Waals surface area contributed by atoms with Crippen molar-refractivity contribution in [1.82, 2.24) is 4.72 Å². The highest BCUT2D eigenvalue weighted by Crippen LogP contribution is 2.25. The van der Waals surface area contributed by atoms with Gasteiger partial charge in [-0.1, -0.05) is 30.3 Å². The van der Waals surface area contributed by atoms with Gasteiger partial charge in [0.2, 0.25) is 0 Å². The first kappa shape index (κ1) is 14.6. The predicted octanol–water partition coefficient (Wildman–Crippen LogP) is 2.34. The van der Waals surface area contributed by atoms with E-state index in [-0.39, 0.29) is 11.5 Å². The Balaban J connectivity index is 1.79. The summed E-state index contributed by atoms with van der Waals surface area (Å²) in [6, 6.07) is 14.3. The zero-order valence-corrected chi connectivity index (χ0v) is 11.8. The van der Waals surface area contributed by atoms with Crippen LogP contribution in [-0.4, -0.2) is 21.0 Å². The van der Waals surface area contributed by atoms with Crippen LogP contribution in [0.2, 0.25) is 0 Å². The molecule has 2 aromatic carbocycles. The van der Waals surface area contributed by atoms with Crippen LogP contribution < -0.4 is 4.72 Å². The Kier molecular flexibility index (Phi) is 5.15. The van der Waals surface area contributed by atoms with Crippen LogP contribution in [0.5, 0.6) is 11.5 Å². The van der Waals surface area contributed by atoms with Gasteiger partial charge in [0, 0.05) is 12.6 Å². The highest BCUT2D eigenvalue weighted by molar-refractivity contribution is 7.83. The van der Waals surface area contributed by atoms with E-state index in [1.807, 2.05) is 18.2 Å². The Hall–Kier alpha value is -1.85. The van der Waals surface area contributed by atoms with Crippen molar-refractivity contribution in [2.75, 3.05) is 6.54 Å². The van der Waals surface area contributed by atoms with E-state index in [1.165, 1.54) is 23.8 Å². The molecule has 0 saturated carbocycles. The summed E-state index contributed by atoms with van der Waals surface area (Å²) >= 11 is 0. The lowest BCUT2D eigenvalue weighted by atomic mass is 10.1. The quantitative estimate of drug-likeness (QED) is 0.565. The Bertz CT molecular complexity index is 587. The topological polar surface area (TPSA) is 69.6 Å². The van der Waals surface area contributed by atoms with Crippen molar-refractivity contribution in [3.63, 3.8) is 0 Å². The largest absolute Gasteiger partial charge is 0.504 e. The SMILES string of the molecule is O=S(NCCCc1ccccc1)c1ccc(O)c(O)c1. The number of rotatable bonds is 6. The normalized spacial score (nSPS) is 12.2. The van der Waals surface area contributed by atoms with Crippen LogP contribution >= 0.6 is 0 Å². The van der Waals surface area contributed by atoms with Gasteiger partial charge in [0.25, 0.3) is 0 Å². The summed E-state index contributed by atoms with van der Waals surface area (Å²) in [6.07, 6.45) is 1.80. The average molecular weight is 291 g/mol. The summed E-state index contributed by atoms with van der Waals surface area (Å²) in [7, 11) is -1.38. The average Bonchev–Trinajstić information content (AvgIpc) is 2.47. The summed E-state index contributed by atoms with van der Waals surface area (Å²) in [5.74, 6) is -0.475. The standard InChI is InChI=1S/C15H17NO3S/c17-14-9-8-13(11-15(14)18)20(19)16-10-4-7-12-5-2-1-3-6-12/h1-3,5-6,8-9,11,16-18H,4,7,10H2. The van der Waals surface area contributed by atoms with Crippen LogP contribution in [0.4, 0.5) is 0 Å². The molecule has 1 atom stereocenters. The first-order valence-corrected chi connectivity index (χ1v) is 7.53. The number of aryl methyl sites for hydroxylation is 1. The Morgan fingerprint density at radius 2 is 1.75 bits per heavy atom. The maximum Gasteiger partial charge on any atom is 0.158 e. The number of phenols is 2. The molecule has 1 unspecified atom stereocenters. The van der Waals surface area contributed by atoms with Gasteiger partial charge in [-0.15, -0.1) is 0 Å². The maximum atomic E-state index is 11.9. The highest BCUT2D eigenvalue weighted by atomic mass is 32.2. The second kappa shape index (κ2) is 7.07. The van der Waals surface area contributed by atoms with E-state index in [2.05, 4.69) is 16.9 Å². The zero-order valence-electron chi connectivity index (χ0n) is 11.0. The molecule has 5 heteroatoms. The second-order valence-electron chi connectivity index (χ2n) is 4.40. The zero-order chi connectivity index (χ0) is 14.4. The first-order valence-electron chi connectivity index (χ1n) is 6.38. The summed E-state index contributed by atoms with van der Waals surface area (Å²) in [5, 5.41) is 18.6. The lowest BCUT2D eigenvalue weighted by molar-refractivity contribution is 0.402. The van der Waals surface area contributed by atoms with E-state index in [1.54, 1.807) is 0 Å². The Morgan fingerprint density at radius 3 is 2.45 bits per heavy atom. The molecule has 0 aromatic heterocycles. The van der Waals surface area contributed by atoms with E-state index in [4.69, 9.17) is 0 Å². The van der Waals surface area contributed by atoms with E-state index >= 15 is 0 Å². The van der Waals surface area contributed by atoms with Crippen LogP contribution in [0.3, 0.4) is 0 Å². The summed E-state index contributed by atoms with van der Waals surface area (Å²) in [6.45, 7) is 0.614. The van der Waals surface area contributed by atoms with E-state index in [0.717, 1.165) is 12.8 Å². The van der Waals surface area contributed by atoms with Crippen molar-refractivity contribution >= 4 is 11.0 Å². The molecule has 0 heterocycles. The molecule has 20 heavy (non-hydrogen) atoms. The van der Waals surface area contributed by atoms with E-state index in [9.17, 15) is 14.4 Å². The van der Waals surface area contributed by atoms with Crippen molar-refractivity contribution in [3.8, 4) is 11.5 Å². The van der Waals surface area contributed by atoms with Gasteiger partial charge < -0.3 is 10.2 Å². The molecule has 106 valence electrons. The highest BCUT2D eigenvalue weighted by Gasteiger charge is 2.06. The molecule has 0 aliphatic heterocycles. The fraction of sp³-hybridized carbons (Fsp3) is 0.200. The van der Waals surface area contributed by atoms with Gasteiger partial charge in [-0.25, -0.2) is 8.93 Å². The molecule has 0 radical (unpaired) electrons. The van der Waals surface area contributed by atoms with Gasteiger partial charge in [0.15, 0.2) is 11.5 Å². The molecule has 0 saturated heterocycles. The number of hydrogen-bond donors (Lipinski definition) is 3. The number of hydrogen-bond acceptors (Lipinski definition) is 3. The van der Waals surface area contributed by atoms with Gasteiger partial charge in [-0.05, 0) is 30.5 Å². The number of aromatic hydroxyl groups is 2. The lowest BCUT2D eigenvalue weighted by Gasteiger charge is -2.06. The first-order chi connectivity index (χ1) is 9.66. The molecular weight excluding hydrogens is 274 g/mol. The molecule has 0 spiro atoms. The Labute approximate surface area is 120 Å². The Morgan fingerprint density at radius 1 is 1.00 bits per heavy atom. The van der Waals surface area contributed by atoms with Crippen LogP contribution in [0, 0.1) is 0 Å². The van der Waals surface area contributed by atoms with Crippen molar-refractivity contribution < 1.29 is 14.4 Å². The fourth-order valence-electron chi connectivity index (χ4n) is 1.80. The molecular formula is C15H17NO3S. The summed E-state index contributed by atoms with van der Waals surface area (Å²) < 4.78 is 14.8. The lowest BCUT2D eigenvalue weighted by Crippen LogP contribution is -2.19. The molecule has 0 bridgehead atoms. The molecule has 3 N–H and O–H groups in total. The molecule has 0 fully saturated rings. The molecule has 2 aromatic rings. The molecule has 2 rings (SSSR count). The molecule has 0 aliphatic rings. The minimum absolute atomic E-state index is 0.213. The minimum atomic E-state index is -1.38. The smallest absolute Gasteiger partial charge is 0.158 e. The summed E-state index contributed by atoms with van der Waals surface area (Å²) in [4.78, 5) is 0.444. The van der Waals surface area contributed by atoms with Crippen molar-refractivity contribution in [3.05, 3.63) is 54.1 Å². The monoisotopic (exact) mass is 291 g/mol. The predicted molar refractivity (Wildman–Crippen MR) is 78.9 cm³/mol. The summed E-state index contributed by atoms with van der Waals surface area (Å²) in [5.41, 5.74) is 1.25. The van der Waals surface area contributed by atoms with Crippen molar-refractivity contribution in [1.29, 1.82) is 0 Å². The van der Waals surface area contributed by atoms with Crippen molar-refractivity contribution in [2.45, 2.75) is 17.7 Å². The number of phenolic OH excluding ortho intramolecular Hbond substituents is 2. The third-order valence-corrected chi connectivity index (χ3v) is 4.03. The van der Waals surface area contributed by atoms with Gasteiger partial charge in [0.1, 0.15) is 11.0 Å². The molecule has 0 aliphatic carbocycles. The number of nitrogens with one attached hydrogen (secondary N) is 1. The van der Waals surface area contributed by atoms with Gasteiger partial charge >= 0.3 is 0 Å². The molecule has 0 amide bonds. The van der Waals surface area contributed by atoms with Crippen LogP contribution in [-0.2, 0) is 17.4 Å². The van der Waals surface area contributed by atoms with Gasteiger partial charge in [-0.2, -0.15) is 0 Å². The van der Waals surface area contributed by atoms with Crippen LogP contribution in [0.25, 0.3) is 0 Å². The second-order valence-corrected chi connectivity index (χ2v) is 5.70. The third kappa shape index (κ3) is 4.08. The third-order valence-electron chi connectivity index (χ3n) is 2.88. The van der Waals surface area contributed by atoms with Crippen molar-refractivity contribution in [2.24, 2.45) is 0 Å².